The lowest BCUT2D eigenvalue weighted by atomic mass is 10.1. The van der Waals surface area contributed by atoms with Crippen molar-refractivity contribution in [2.45, 2.75) is 38.9 Å². The lowest BCUT2D eigenvalue weighted by Crippen LogP contribution is -2.34. The fraction of sp³-hybridized carbons (Fsp3) is 0.562. The van der Waals surface area contributed by atoms with E-state index in [4.69, 9.17) is 0 Å². The van der Waals surface area contributed by atoms with Gasteiger partial charge in [0.1, 0.15) is 0 Å². The van der Waals surface area contributed by atoms with Crippen LogP contribution in [-0.4, -0.2) is 44.3 Å². The molecule has 2 aromatic rings. The van der Waals surface area contributed by atoms with E-state index in [1.54, 1.807) is 0 Å². The standard InChI is InChI=1S/C16H21F3N6/c1-3-24-6-4-13(5-7-24)25-10-14(11(2)23-25)22-15-20-8-12(9-21-15)16(17,18)19/h8-10,13H,3-7H2,1-2H3,(H,20,21,22). The van der Waals surface area contributed by atoms with Crippen LogP contribution < -0.4 is 5.32 Å². The predicted molar refractivity (Wildman–Crippen MR) is 87.7 cm³/mol. The molecule has 1 N–H and O–H groups in total. The average Bonchev–Trinajstić information content (AvgIpc) is 2.95. The molecule has 0 amide bonds. The monoisotopic (exact) mass is 354 g/mol. The highest BCUT2D eigenvalue weighted by molar-refractivity contribution is 5.54. The number of aromatic nitrogens is 4. The first kappa shape index (κ1) is 17.7. The maximum Gasteiger partial charge on any atom is 0.419 e. The van der Waals surface area contributed by atoms with Crippen molar-refractivity contribution in [3.05, 3.63) is 29.8 Å². The average molecular weight is 354 g/mol. The Morgan fingerprint density at radius 1 is 1.20 bits per heavy atom. The van der Waals surface area contributed by atoms with Crippen molar-refractivity contribution in [3.63, 3.8) is 0 Å². The molecule has 9 heteroatoms. The molecule has 0 saturated carbocycles. The van der Waals surface area contributed by atoms with Gasteiger partial charge in [-0.25, -0.2) is 9.97 Å². The normalized spacial score (nSPS) is 17.0. The number of halogens is 3. The second-order valence-electron chi connectivity index (χ2n) is 6.19. The highest BCUT2D eigenvalue weighted by Gasteiger charge is 2.31. The first-order valence-corrected chi connectivity index (χ1v) is 8.31. The largest absolute Gasteiger partial charge is 0.419 e. The van der Waals surface area contributed by atoms with Gasteiger partial charge in [-0.05, 0) is 26.3 Å². The smallest absolute Gasteiger partial charge is 0.321 e. The molecule has 3 rings (SSSR count). The molecule has 1 fully saturated rings. The quantitative estimate of drug-likeness (QED) is 0.912. The van der Waals surface area contributed by atoms with Crippen molar-refractivity contribution in [1.29, 1.82) is 0 Å². The molecule has 2 aromatic heterocycles. The van der Waals surface area contributed by atoms with Crippen LogP contribution in [-0.2, 0) is 6.18 Å². The van der Waals surface area contributed by atoms with E-state index in [9.17, 15) is 13.2 Å². The Hall–Kier alpha value is -2.16. The second kappa shape index (κ2) is 6.99. The van der Waals surface area contributed by atoms with Crippen molar-refractivity contribution >= 4 is 11.6 Å². The molecular weight excluding hydrogens is 333 g/mol. The molecule has 0 bridgehead atoms. The van der Waals surface area contributed by atoms with Gasteiger partial charge in [-0.3, -0.25) is 4.68 Å². The van der Waals surface area contributed by atoms with Gasteiger partial charge >= 0.3 is 6.18 Å². The number of aryl methyl sites for hydroxylation is 1. The number of nitrogens with one attached hydrogen (secondary N) is 1. The zero-order valence-corrected chi connectivity index (χ0v) is 14.2. The summed E-state index contributed by atoms with van der Waals surface area (Å²) in [7, 11) is 0. The summed E-state index contributed by atoms with van der Waals surface area (Å²) in [6, 6.07) is 0.338. The summed E-state index contributed by atoms with van der Waals surface area (Å²) in [5.74, 6) is 0.122. The number of alkyl halides is 3. The fourth-order valence-corrected chi connectivity index (χ4v) is 2.95. The highest BCUT2D eigenvalue weighted by Crippen LogP contribution is 2.29. The summed E-state index contributed by atoms with van der Waals surface area (Å²) < 4.78 is 39.6. The van der Waals surface area contributed by atoms with Crippen LogP contribution in [0.2, 0.25) is 0 Å². The van der Waals surface area contributed by atoms with Gasteiger partial charge in [0.25, 0.3) is 0 Å². The van der Waals surface area contributed by atoms with Crippen LogP contribution in [0.15, 0.2) is 18.6 Å². The Bertz CT molecular complexity index is 702. The third kappa shape index (κ3) is 4.09. The maximum absolute atomic E-state index is 12.6. The SMILES string of the molecule is CCN1CCC(n2cc(Nc3ncc(C(F)(F)F)cn3)c(C)n2)CC1. The van der Waals surface area contributed by atoms with Crippen LogP contribution in [0.5, 0.6) is 0 Å². The van der Waals surface area contributed by atoms with Crippen molar-refractivity contribution in [2.24, 2.45) is 0 Å². The van der Waals surface area contributed by atoms with Gasteiger partial charge < -0.3 is 10.2 Å². The van der Waals surface area contributed by atoms with Crippen molar-refractivity contribution in [3.8, 4) is 0 Å². The van der Waals surface area contributed by atoms with E-state index >= 15 is 0 Å². The Morgan fingerprint density at radius 3 is 2.40 bits per heavy atom. The van der Waals surface area contributed by atoms with Crippen molar-refractivity contribution in [1.82, 2.24) is 24.6 Å². The number of likely N-dealkylation sites (tertiary alicyclic amines) is 1. The first-order valence-electron chi connectivity index (χ1n) is 8.31. The molecule has 0 atom stereocenters. The van der Waals surface area contributed by atoms with Crippen molar-refractivity contribution < 1.29 is 13.2 Å². The Labute approximate surface area is 144 Å². The van der Waals surface area contributed by atoms with E-state index in [2.05, 4.69) is 32.2 Å². The Morgan fingerprint density at radius 2 is 1.84 bits per heavy atom. The number of anilines is 2. The predicted octanol–water partition coefficient (Wildman–Crippen LogP) is 3.40. The zero-order chi connectivity index (χ0) is 18.0. The van der Waals surface area contributed by atoms with E-state index in [0.717, 1.165) is 50.6 Å². The van der Waals surface area contributed by atoms with Gasteiger partial charge in [0, 0.05) is 31.7 Å². The van der Waals surface area contributed by atoms with E-state index in [-0.39, 0.29) is 5.95 Å². The fourth-order valence-electron chi connectivity index (χ4n) is 2.95. The van der Waals surface area contributed by atoms with Gasteiger partial charge in [0.15, 0.2) is 0 Å². The topological polar surface area (TPSA) is 58.9 Å². The molecule has 3 heterocycles. The van der Waals surface area contributed by atoms with E-state index in [0.29, 0.717) is 11.7 Å². The van der Waals surface area contributed by atoms with Crippen LogP contribution in [0.1, 0.15) is 37.1 Å². The molecule has 1 saturated heterocycles. The number of piperidine rings is 1. The first-order chi connectivity index (χ1) is 11.9. The van der Waals surface area contributed by atoms with Crippen LogP contribution in [0, 0.1) is 6.92 Å². The van der Waals surface area contributed by atoms with E-state index in [1.165, 1.54) is 0 Å². The number of hydrogen-bond donors (Lipinski definition) is 1. The summed E-state index contributed by atoms with van der Waals surface area (Å²) in [5.41, 5.74) is 0.604. The molecule has 0 spiro atoms. The summed E-state index contributed by atoms with van der Waals surface area (Å²) >= 11 is 0. The number of rotatable bonds is 4. The van der Waals surface area contributed by atoms with E-state index in [1.807, 2.05) is 17.8 Å². The van der Waals surface area contributed by atoms with Crippen LogP contribution in [0.3, 0.4) is 0 Å². The van der Waals surface area contributed by atoms with E-state index < -0.39 is 11.7 Å². The van der Waals surface area contributed by atoms with Crippen LogP contribution >= 0.6 is 0 Å². The lowest BCUT2D eigenvalue weighted by molar-refractivity contribution is -0.138. The maximum atomic E-state index is 12.6. The van der Waals surface area contributed by atoms with Crippen LogP contribution in [0.25, 0.3) is 0 Å². The Balaban J connectivity index is 1.69. The Kier molecular flexibility index (Phi) is 4.94. The zero-order valence-electron chi connectivity index (χ0n) is 14.2. The molecule has 25 heavy (non-hydrogen) atoms. The van der Waals surface area contributed by atoms with Gasteiger partial charge in [0.2, 0.25) is 5.95 Å². The lowest BCUT2D eigenvalue weighted by Gasteiger charge is -2.31. The van der Waals surface area contributed by atoms with Gasteiger partial charge in [-0.1, -0.05) is 6.92 Å². The molecule has 0 aromatic carbocycles. The van der Waals surface area contributed by atoms with Gasteiger partial charge in [-0.2, -0.15) is 18.3 Å². The summed E-state index contributed by atoms with van der Waals surface area (Å²) in [5, 5.41) is 7.49. The molecule has 0 radical (unpaired) electrons. The summed E-state index contributed by atoms with van der Waals surface area (Å²) in [4.78, 5) is 9.88. The van der Waals surface area contributed by atoms with Crippen molar-refractivity contribution in [2.75, 3.05) is 25.0 Å². The minimum absolute atomic E-state index is 0.122. The molecule has 1 aliphatic heterocycles. The molecule has 6 nitrogen and oxygen atoms in total. The summed E-state index contributed by atoms with van der Waals surface area (Å²) in [6.07, 6.45) is 1.05. The summed E-state index contributed by atoms with van der Waals surface area (Å²) in [6.45, 7) is 7.16. The molecule has 0 unspecified atom stereocenters. The minimum atomic E-state index is -4.44. The third-order valence-electron chi connectivity index (χ3n) is 4.52. The molecule has 1 aliphatic rings. The van der Waals surface area contributed by atoms with Gasteiger partial charge in [0.05, 0.1) is 23.0 Å². The molecule has 0 aliphatic carbocycles. The van der Waals surface area contributed by atoms with Crippen LogP contribution in [0.4, 0.5) is 24.8 Å². The number of nitrogens with zero attached hydrogens (tertiary/aromatic N) is 5. The second-order valence-corrected chi connectivity index (χ2v) is 6.19. The highest BCUT2D eigenvalue weighted by atomic mass is 19.4. The molecular formula is C16H21F3N6. The number of hydrogen-bond acceptors (Lipinski definition) is 5. The third-order valence-corrected chi connectivity index (χ3v) is 4.52. The van der Waals surface area contributed by atoms with Gasteiger partial charge in [-0.15, -0.1) is 0 Å². The minimum Gasteiger partial charge on any atom is -0.321 e. The molecule has 136 valence electrons.